The second kappa shape index (κ2) is 5.77. The van der Waals surface area contributed by atoms with Gasteiger partial charge in [0.1, 0.15) is 25.0 Å². The number of fused-ring (bicyclic) bond motifs is 2. The van der Waals surface area contributed by atoms with Gasteiger partial charge in [-0.3, -0.25) is 4.79 Å². The number of hydrogen-bond donors (Lipinski definition) is 2. The molecule has 0 spiro atoms. The van der Waals surface area contributed by atoms with Gasteiger partial charge in [0, 0.05) is 19.3 Å². The molecule has 3 aliphatic heterocycles. The fourth-order valence-corrected chi connectivity index (χ4v) is 8.00. The number of nitrogens with one attached hydrogen (secondary N) is 1. The van der Waals surface area contributed by atoms with Gasteiger partial charge in [-0.05, 0) is 39.3 Å². The van der Waals surface area contributed by atoms with E-state index in [1.54, 1.807) is 0 Å². The van der Waals surface area contributed by atoms with Crippen molar-refractivity contribution in [2.24, 2.45) is 5.92 Å². The van der Waals surface area contributed by atoms with Crippen molar-refractivity contribution in [3.8, 4) is 0 Å². The van der Waals surface area contributed by atoms with Gasteiger partial charge in [-0.1, -0.05) is 6.92 Å². The molecule has 0 aromatic heterocycles. The maximum atomic E-state index is 12.2. The van der Waals surface area contributed by atoms with Crippen molar-refractivity contribution >= 4 is 13.8 Å². The summed E-state index contributed by atoms with van der Waals surface area (Å²) < 4.78 is 0.661. The van der Waals surface area contributed by atoms with Gasteiger partial charge in [0.05, 0.1) is 7.05 Å². The molecule has 2 bridgehead atoms. The van der Waals surface area contributed by atoms with Crippen LogP contribution in [0.1, 0.15) is 26.2 Å². The predicted octanol–water partition coefficient (Wildman–Crippen LogP) is 0.784. The summed E-state index contributed by atoms with van der Waals surface area (Å²) in [5.41, 5.74) is 2.93. The first kappa shape index (κ1) is 15.7. The fraction of sp³-hybridized carbons (Fsp3) is 0.933. The van der Waals surface area contributed by atoms with Gasteiger partial charge in [-0.25, -0.2) is 4.59 Å². The molecule has 3 heterocycles. The summed E-state index contributed by atoms with van der Waals surface area (Å²) in [5.74, 6) is 0.866. The summed E-state index contributed by atoms with van der Waals surface area (Å²) >= 11 is 0. The Bertz CT molecular complexity index is 412. The first-order valence-electron chi connectivity index (χ1n) is 8.20. The molecule has 4 atom stereocenters. The van der Waals surface area contributed by atoms with E-state index < -0.39 is 5.60 Å². The quantitative estimate of drug-likeness (QED) is 0.598. The Hall–Kier alpha value is -0.220. The highest BCUT2D eigenvalue weighted by molar-refractivity contribution is 7.57. The highest BCUT2D eigenvalue weighted by atomic mass is 31.1. The molecular weight excluding hydrogens is 285 g/mol. The van der Waals surface area contributed by atoms with Crippen LogP contribution in [-0.2, 0) is 4.79 Å². The van der Waals surface area contributed by atoms with E-state index in [9.17, 15) is 9.90 Å². The van der Waals surface area contributed by atoms with Crippen molar-refractivity contribution in [1.29, 1.82) is 0 Å². The third-order valence-electron chi connectivity index (χ3n) is 5.04. The lowest BCUT2D eigenvalue weighted by atomic mass is 9.92. The first-order chi connectivity index (χ1) is 9.88. The van der Waals surface area contributed by atoms with E-state index in [4.69, 9.17) is 0 Å². The molecule has 0 aromatic rings. The lowest BCUT2D eigenvalue weighted by molar-refractivity contribution is -0.948. The van der Waals surface area contributed by atoms with Gasteiger partial charge in [-0.15, -0.1) is 0 Å². The molecule has 3 rings (SSSR count). The Morgan fingerprint density at radius 2 is 2.19 bits per heavy atom. The third-order valence-corrected chi connectivity index (χ3v) is 8.24. The van der Waals surface area contributed by atoms with Crippen molar-refractivity contribution in [2.75, 3.05) is 51.8 Å². The van der Waals surface area contributed by atoms with Crippen LogP contribution in [0.5, 0.6) is 0 Å². The second-order valence-electron chi connectivity index (χ2n) is 7.66. The van der Waals surface area contributed by atoms with Gasteiger partial charge < -0.3 is 10.0 Å². The molecule has 120 valence electrons. The van der Waals surface area contributed by atoms with E-state index in [1.807, 2.05) is 4.90 Å². The van der Waals surface area contributed by atoms with Gasteiger partial charge in [0.15, 0.2) is 0 Å². The molecule has 0 aromatic carbocycles. The molecule has 3 aliphatic rings. The van der Waals surface area contributed by atoms with E-state index >= 15 is 0 Å². The molecule has 1 amide bonds. The molecule has 0 aliphatic carbocycles. The number of rotatable bonds is 3. The van der Waals surface area contributed by atoms with E-state index in [-0.39, 0.29) is 13.8 Å². The lowest BCUT2D eigenvalue weighted by Gasteiger charge is -2.51. The van der Waals surface area contributed by atoms with Crippen LogP contribution >= 0.6 is 7.92 Å². The highest BCUT2D eigenvalue weighted by Gasteiger charge is 2.50. The molecule has 3 fully saturated rings. The molecule has 3 unspecified atom stereocenters. The van der Waals surface area contributed by atoms with Gasteiger partial charge in [-0.2, -0.15) is 5.43 Å². The predicted molar refractivity (Wildman–Crippen MR) is 85.1 cm³/mol. The van der Waals surface area contributed by atoms with E-state index in [0.717, 1.165) is 51.3 Å². The van der Waals surface area contributed by atoms with Gasteiger partial charge in [0.25, 0.3) is 0 Å². The molecular formula is C15H29N3O2P+. The molecule has 21 heavy (non-hydrogen) atoms. The summed E-state index contributed by atoms with van der Waals surface area (Å²) in [6, 6.07) is 0. The van der Waals surface area contributed by atoms with Gasteiger partial charge in [0.2, 0.25) is 5.91 Å². The Morgan fingerprint density at radius 3 is 2.86 bits per heavy atom. The Morgan fingerprint density at radius 1 is 1.48 bits per heavy atom. The number of likely N-dealkylation sites (N-methyl/N-ethyl adjacent to an activating group) is 1. The number of carbonyl (C=O) groups excluding carboxylic acids is 1. The first-order valence-corrected chi connectivity index (χ1v) is 10.1. The van der Waals surface area contributed by atoms with E-state index in [0.29, 0.717) is 17.1 Å². The van der Waals surface area contributed by atoms with Crippen LogP contribution in [0.4, 0.5) is 0 Å². The van der Waals surface area contributed by atoms with Crippen LogP contribution in [-0.4, -0.2) is 77.9 Å². The number of carbonyl (C=O) groups is 1. The largest absolute Gasteiger partial charge is 0.384 e. The summed E-state index contributed by atoms with van der Waals surface area (Å²) in [6.45, 7) is 5.24. The smallest absolute Gasteiger partial charge is 0.241 e. The normalized spacial score (nSPS) is 43.1. The summed E-state index contributed by atoms with van der Waals surface area (Å²) in [6.07, 6.45) is 6.56. The standard InChI is InChI=1S/C15H29N3O2P/c1-13-7-15(20)10-18(2,12-21(9-13)11-15)16-8-14(19)17-5-3-4-6-17/h13,16,20H,3-12H2,1-2H3/q+1/t13?,15-,18?,21?/m0/s1. The number of likely N-dealkylation sites (tertiary alicyclic amines) is 1. The Kier molecular flexibility index (Phi) is 4.30. The zero-order valence-corrected chi connectivity index (χ0v) is 14.2. The second-order valence-corrected chi connectivity index (χ2v) is 9.97. The van der Waals surface area contributed by atoms with E-state index in [2.05, 4.69) is 19.4 Å². The minimum absolute atomic E-state index is 0.104. The van der Waals surface area contributed by atoms with Crippen LogP contribution < -0.4 is 5.43 Å². The van der Waals surface area contributed by atoms with Crippen LogP contribution in [0, 0.1) is 5.92 Å². The minimum atomic E-state index is -0.514. The minimum Gasteiger partial charge on any atom is -0.384 e. The van der Waals surface area contributed by atoms with Crippen LogP contribution in [0.25, 0.3) is 0 Å². The van der Waals surface area contributed by atoms with Crippen LogP contribution in [0.15, 0.2) is 0 Å². The molecule has 6 heteroatoms. The Balaban J connectivity index is 1.58. The zero-order valence-electron chi connectivity index (χ0n) is 13.3. The van der Waals surface area contributed by atoms with E-state index in [1.165, 1.54) is 6.16 Å². The summed E-state index contributed by atoms with van der Waals surface area (Å²) in [7, 11) is 2.04. The maximum absolute atomic E-state index is 12.2. The van der Waals surface area contributed by atoms with Crippen molar-refractivity contribution in [1.82, 2.24) is 10.3 Å². The fourth-order valence-electron chi connectivity index (χ4n) is 4.51. The van der Waals surface area contributed by atoms with Crippen molar-refractivity contribution < 1.29 is 14.5 Å². The average Bonchev–Trinajstić information content (AvgIpc) is 2.86. The average molecular weight is 314 g/mol. The summed E-state index contributed by atoms with van der Waals surface area (Å²) in [4.78, 5) is 14.2. The molecule has 5 nitrogen and oxygen atoms in total. The molecule has 3 saturated heterocycles. The summed E-state index contributed by atoms with van der Waals surface area (Å²) in [5, 5.41) is 10.8. The highest BCUT2D eigenvalue weighted by Crippen LogP contribution is 2.52. The third kappa shape index (κ3) is 3.58. The molecule has 2 N–H and O–H groups in total. The van der Waals surface area contributed by atoms with Crippen molar-refractivity contribution in [2.45, 2.75) is 31.8 Å². The monoisotopic (exact) mass is 314 g/mol. The van der Waals surface area contributed by atoms with Crippen LogP contribution in [0.3, 0.4) is 0 Å². The number of nitrogens with zero attached hydrogens (tertiary/aromatic N) is 2. The lowest BCUT2D eigenvalue weighted by Crippen LogP contribution is -2.68. The van der Waals surface area contributed by atoms with Crippen LogP contribution in [0.2, 0.25) is 0 Å². The SMILES string of the molecule is CC1CP2C[C@](O)(C1)C[N+](C)(NCC(=O)N1CCCC1)C2. The number of amides is 1. The topological polar surface area (TPSA) is 52.6 Å². The molecule has 0 saturated carbocycles. The maximum Gasteiger partial charge on any atom is 0.241 e. The molecule has 0 radical (unpaired) electrons. The number of aliphatic hydroxyl groups is 1. The Labute approximate surface area is 129 Å². The number of quaternary nitrogens is 1. The van der Waals surface area contributed by atoms with Gasteiger partial charge >= 0.3 is 0 Å². The van der Waals surface area contributed by atoms with Crippen molar-refractivity contribution in [3.05, 3.63) is 0 Å². The zero-order chi connectivity index (χ0) is 15.1. The number of hydrogen-bond acceptors (Lipinski definition) is 3. The van der Waals surface area contributed by atoms with Crippen molar-refractivity contribution in [3.63, 3.8) is 0 Å².